The number of fused-ring (bicyclic) bond motifs is 1. The molecule has 0 saturated carbocycles. The van der Waals surface area contributed by atoms with Crippen LogP contribution in [0, 0.1) is 0 Å². The van der Waals surface area contributed by atoms with Crippen LogP contribution in [-0.4, -0.2) is 19.6 Å². The van der Waals surface area contributed by atoms with Crippen LogP contribution < -0.4 is 10.1 Å². The van der Waals surface area contributed by atoms with E-state index in [1.54, 1.807) is 12.4 Å². The van der Waals surface area contributed by atoms with E-state index in [4.69, 9.17) is 0 Å². The number of hydrogen-bond acceptors (Lipinski definition) is 5. The van der Waals surface area contributed by atoms with Gasteiger partial charge in [-0.05, 0) is 35.3 Å². The van der Waals surface area contributed by atoms with Gasteiger partial charge < -0.3 is 0 Å². The molecule has 0 aliphatic carbocycles. The van der Waals surface area contributed by atoms with E-state index < -0.39 is 0 Å². The number of thiazole rings is 1. The first-order valence-electron chi connectivity index (χ1n) is 8.03. The van der Waals surface area contributed by atoms with Crippen molar-refractivity contribution in [3.05, 3.63) is 74.8 Å². The molecule has 6 heteroatoms. The smallest absolute Gasteiger partial charge is 0.266 e. The standard InChI is InChI=1S/C19H16N4OS/c1-12(2)14-7-5-13(6-8-14)10-16-18(24)23-19(25-16)21-17(22-23)15-4-3-9-20-11-15/h3-12H,1-2H3. The summed E-state index contributed by atoms with van der Waals surface area (Å²) < 4.78 is 1.99. The molecular formula is C19H16N4OS. The third kappa shape index (κ3) is 2.96. The Morgan fingerprint density at radius 3 is 2.60 bits per heavy atom. The highest BCUT2D eigenvalue weighted by Crippen LogP contribution is 2.16. The molecule has 0 amide bonds. The Morgan fingerprint density at radius 1 is 1.16 bits per heavy atom. The highest BCUT2D eigenvalue weighted by atomic mass is 32.1. The van der Waals surface area contributed by atoms with Gasteiger partial charge in [0.2, 0.25) is 4.96 Å². The second-order valence-corrected chi connectivity index (χ2v) is 7.12. The Labute approximate surface area is 148 Å². The van der Waals surface area contributed by atoms with Gasteiger partial charge in [0, 0.05) is 18.0 Å². The van der Waals surface area contributed by atoms with Crippen LogP contribution in [0.5, 0.6) is 0 Å². The van der Waals surface area contributed by atoms with Crippen LogP contribution in [0.2, 0.25) is 0 Å². The molecule has 3 aromatic heterocycles. The van der Waals surface area contributed by atoms with Crippen molar-refractivity contribution < 1.29 is 0 Å². The zero-order valence-corrected chi connectivity index (χ0v) is 14.7. The van der Waals surface area contributed by atoms with Gasteiger partial charge in [0.25, 0.3) is 5.56 Å². The lowest BCUT2D eigenvalue weighted by Crippen LogP contribution is -2.23. The van der Waals surface area contributed by atoms with Gasteiger partial charge in [-0.1, -0.05) is 49.4 Å². The molecule has 5 nitrogen and oxygen atoms in total. The van der Waals surface area contributed by atoms with Crippen LogP contribution in [-0.2, 0) is 0 Å². The summed E-state index contributed by atoms with van der Waals surface area (Å²) in [7, 11) is 0. The van der Waals surface area contributed by atoms with E-state index in [9.17, 15) is 4.79 Å². The summed E-state index contributed by atoms with van der Waals surface area (Å²) in [4.78, 5) is 21.7. The van der Waals surface area contributed by atoms with Crippen LogP contribution >= 0.6 is 11.3 Å². The molecule has 0 atom stereocenters. The maximum atomic E-state index is 12.6. The van der Waals surface area contributed by atoms with Crippen LogP contribution in [0.1, 0.15) is 30.9 Å². The number of nitrogens with zero attached hydrogens (tertiary/aromatic N) is 4. The molecule has 0 bridgehead atoms. The Morgan fingerprint density at radius 2 is 1.96 bits per heavy atom. The summed E-state index contributed by atoms with van der Waals surface area (Å²) in [5.41, 5.74) is 2.94. The van der Waals surface area contributed by atoms with Crippen molar-refractivity contribution in [2.75, 3.05) is 0 Å². The number of benzene rings is 1. The summed E-state index contributed by atoms with van der Waals surface area (Å²) in [5.74, 6) is 1.01. The van der Waals surface area contributed by atoms with Gasteiger partial charge in [-0.25, -0.2) is 0 Å². The fraction of sp³-hybridized carbons (Fsp3) is 0.158. The Balaban J connectivity index is 1.75. The van der Waals surface area contributed by atoms with Crippen molar-refractivity contribution in [3.63, 3.8) is 0 Å². The maximum absolute atomic E-state index is 12.6. The topological polar surface area (TPSA) is 60.1 Å². The molecule has 0 fully saturated rings. The minimum absolute atomic E-state index is 0.143. The molecule has 4 aromatic rings. The molecule has 0 unspecified atom stereocenters. The summed E-state index contributed by atoms with van der Waals surface area (Å²) in [6, 6.07) is 12.0. The molecule has 0 N–H and O–H groups in total. The van der Waals surface area contributed by atoms with Gasteiger partial charge >= 0.3 is 0 Å². The summed E-state index contributed by atoms with van der Waals surface area (Å²) in [5, 5.41) is 4.33. The molecule has 0 aliphatic heterocycles. The van der Waals surface area contributed by atoms with Crippen LogP contribution in [0.4, 0.5) is 0 Å². The number of aromatic nitrogens is 4. The average molecular weight is 348 g/mol. The minimum Gasteiger partial charge on any atom is -0.266 e. The van der Waals surface area contributed by atoms with Crippen molar-refractivity contribution in [2.45, 2.75) is 19.8 Å². The van der Waals surface area contributed by atoms with E-state index in [1.165, 1.54) is 21.4 Å². The molecule has 0 spiro atoms. The third-order valence-electron chi connectivity index (χ3n) is 4.00. The van der Waals surface area contributed by atoms with Crippen molar-refractivity contribution in [1.82, 2.24) is 19.6 Å². The SMILES string of the molecule is CC(C)c1ccc(C=c2sc3nc(-c4cccnc4)nn3c2=O)cc1. The van der Waals surface area contributed by atoms with Crippen LogP contribution in [0.15, 0.2) is 53.6 Å². The predicted molar refractivity (Wildman–Crippen MR) is 99.7 cm³/mol. The van der Waals surface area contributed by atoms with E-state index in [-0.39, 0.29) is 5.56 Å². The number of pyridine rings is 1. The van der Waals surface area contributed by atoms with Gasteiger partial charge in [0.05, 0.1) is 4.53 Å². The Bertz CT molecular complexity index is 1130. The molecule has 0 saturated heterocycles. The molecule has 0 aliphatic rings. The van der Waals surface area contributed by atoms with Crippen molar-refractivity contribution in [1.29, 1.82) is 0 Å². The third-order valence-corrected chi connectivity index (χ3v) is 4.96. The van der Waals surface area contributed by atoms with Crippen molar-refractivity contribution in [2.24, 2.45) is 0 Å². The zero-order valence-electron chi connectivity index (χ0n) is 13.9. The Kier molecular flexibility index (Phi) is 3.89. The number of hydrogen-bond donors (Lipinski definition) is 0. The van der Waals surface area contributed by atoms with Gasteiger partial charge in [0.15, 0.2) is 5.82 Å². The second-order valence-electron chi connectivity index (χ2n) is 6.11. The molecule has 1 aromatic carbocycles. The first-order chi connectivity index (χ1) is 12.1. The fourth-order valence-electron chi connectivity index (χ4n) is 2.58. The first kappa shape index (κ1) is 15.7. The normalized spacial score (nSPS) is 12.4. The molecular weight excluding hydrogens is 332 g/mol. The summed E-state index contributed by atoms with van der Waals surface area (Å²) in [6.45, 7) is 4.32. The van der Waals surface area contributed by atoms with E-state index in [2.05, 4.69) is 41.0 Å². The molecule has 4 rings (SSSR count). The largest absolute Gasteiger partial charge is 0.291 e. The van der Waals surface area contributed by atoms with Gasteiger partial charge in [-0.15, -0.1) is 5.10 Å². The molecule has 0 radical (unpaired) electrons. The van der Waals surface area contributed by atoms with Gasteiger partial charge in [-0.2, -0.15) is 9.50 Å². The predicted octanol–water partition coefficient (Wildman–Crippen LogP) is 2.88. The van der Waals surface area contributed by atoms with Crippen molar-refractivity contribution >= 4 is 22.4 Å². The van der Waals surface area contributed by atoms with Crippen LogP contribution in [0.25, 0.3) is 22.4 Å². The van der Waals surface area contributed by atoms with E-state index in [0.717, 1.165) is 11.1 Å². The molecule has 124 valence electrons. The quantitative estimate of drug-likeness (QED) is 0.571. The van der Waals surface area contributed by atoms with Gasteiger partial charge in [0.1, 0.15) is 0 Å². The molecule has 3 heterocycles. The average Bonchev–Trinajstić information content (AvgIpc) is 3.16. The summed E-state index contributed by atoms with van der Waals surface area (Å²) in [6.07, 6.45) is 5.27. The zero-order chi connectivity index (χ0) is 17.4. The highest BCUT2D eigenvalue weighted by Gasteiger charge is 2.11. The van der Waals surface area contributed by atoms with E-state index in [1.807, 2.05) is 30.3 Å². The Hall–Kier alpha value is -2.86. The second kappa shape index (κ2) is 6.22. The molecule has 25 heavy (non-hydrogen) atoms. The lowest BCUT2D eigenvalue weighted by atomic mass is 10.0. The lowest BCUT2D eigenvalue weighted by Gasteiger charge is -2.04. The van der Waals surface area contributed by atoms with Gasteiger partial charge in [-0.3, -0.25) is 9.78 Å². The number of rotatable bonds is 3. The minimum atomic E-state index is -0.143. The van der Waals surface area contributed by atoms with E-state index in [0.29, 0.717) is 21.2 Å². The summed E-state index contributed by atoms with van der Waals surface area (Å²) >= 11 is 1.35. The monoisotopic (exact) mass is 348 g/mol. The van der Waals surface area contributed by atoms with Crippen molar-refractivity contribution in [3.8, 4) is 11.4 Å². The highest BCUT2D eigenvalue weighted by molar-refractivity contribution is 7.15. The van der Waals surface area contributed by atoms with Crippen LogP contribution in [0.3, 0.4) is 0 Å². The van der Waals surface area contributed by atoms with E-state index >= 15 is 0 Å². The lowest BCUT2D eigenvalue weighted by molar-refractivity contribution is 0.866. The maximum Gasteiger partial charge on any atom is 0.291 e. The first-order valence-corrected chi connectivity index (χ1v) is 8.85. The fourth-order valence-corrected chi connectivity index (χ4v) is 3.49.